The maximum absolute atomic E-state index is 12.1. The minimum atomic E-state index is -0.417. The second-order valence-corrected chi connectivity index (χ2v) is 3.74. The molecule has 3 N–H and O–H groups in total. The molecule has 0 spiro atoms. The SMILES string of the molecule is CCOc1c(N)cccc1C(=O)Nc1nnc(C)o1. The van der Waals surface area contributed by atoms with Crippen LogP contribution in [0.2, 0.25) is 0 Å². The van der Waals surface area contributed by atoms with Gasteiger partial charge in [-0.25, -0.2) is 0 Å². The Morgan fingerprint density at radius 1 is 1.47 bits per heavy atom. The van der Waals surface area contributed by atoms with Gasteiger partial charge in [-0.1, -0.05) is 11.2 Å². The first-order chi connectivity index (χ1) is 9.11. The third kappa shape index (κ3) is 2.82. The average Bonchev–Trinajstić information content (AvgIpc) is 2.77. The number of anilines is 2. The molecule has 1 heterocycles. The van der Waals surface area contributed by atoms with Gasteiger partial charge in [0.05, 0.1) is 17.9 Å². The smallest absolute Gasteiger partial charge is 0.322 e. The number of para-hydroxylation sites is 1. The molecule has 0 aliphatic rings. The molecular formula is C12H14N4O3. The first kappa shape index (κ1) is 12.9. The van der Waals surface area contributed by atoms with Crippen LogP contribution >= 0.6 is 0 Å². The lowest BCUT2D eigenvalue weighted by atomic mass is 10.1. The van der Waals surface area contributed by atoms with Crippen LogP contribution in [0.1, 0.15) is 23.2 Å². The van der Waals surface area contributed by atoms with Crippen molar-refractivity contribution in [1.29, 1.82) is 0 Å². The number of amides is 1. The van der Waals surface area contributed by atoms with Crippen LogP contribution < -0.4 is 15.8 Å². The second kappa shape index (κ2) is 5.38. The van der Waals surface area contributed by atoms with Crippen molar-refractivity contribution in [3.8, 4) is 5.75 Å². The first-order valence-electron chi connectivity index (χ1n) is 5.74. The van der Waals surface area contributed by atoms with E-state index in [2.05, 4.69) is 15.5 Å². The molecule has 2 rings (SSSR count). The van der Waals surface area contributed by atoms with Gasteiger partial charge in [-0.15, -0.1) is 5.10 Å². The number of hydrogen-bond donors (Lipinski definition) is 2. The van der Waals surface area contributed by atoms with Crippen molar-refractivity contribution in [2.24, 2.45) is 0 Å². The molecular weight excluding hydrogens is 248 g/mol. The van der Waals surface area contributed by atoms with E-state index in [1.807, 2.05) is 6.92 Å². The molecule has 0 saturated heterocycles. The topological polar surface area (TPSA) is 103 Å². The van der Waals surface area contributed by atoms with E-state index in [0.717, 1.165) is 0 Å². The highest BCUT2D eigenvalue weighted by Gasteiger charge is 2.17. The molecule has 0 aliphatic heterocycles. The number of hydrogen-bond acceptors (Lipinski definition) is 6. The zero-order valence-electron chi connectivity index (χ0n) is 10.6. The number of nitrogen functional groups attached to an aromatic ring is 1. The lowest BCUT2D eigenvalue weighted by Crippen LogP contribution is -2.14. The fourth-order valence-electron chi connectivity index (χ4n) is 1.55. The number of nitrogens with zero attached hydrogens (tertiary/aromatic N) is 2. The average molecular weight is 262 g/mol. The van der Waals surface area contributed by atoms with Crippen LogP contribution in [0.15, 0.2) is 22.6 Å². The lowest BCUT2D eigenvalue weighted by molar-refractivity contribution is 0.102. The Morgan fingerprint density at radius 3 is 2.89 bits per heavy atom. The van der Waals surface area contributed by atoms with Crippen molar-refractivity contribution in [2.75, 3.05) is 17.7 Å². The first-order valence-corrected chi connectivity index (χ1v) is 5.74. The predicted octanol–water partition coefficient (Wildman–Crippen LogP) is 1.61. The lowest BCUT2D eigenvalue weighted by Gasteiger charge is -2.11. The van der Waals surface area contributed by atoms with Gasteiger partial charge >= 0.3 is 6.01 Å². The molecule has 100 valence electrons. The minimum Gasteiger partial charge on any atom is -0.491 e. The number of nitrogens with two attached hydrogens (primary N) is 1. The summed E-state index contributed by atoms with van der Waals surface area (Å²) in [5, 5.41) is 9.80. The third-order valence-corrected chi connectivity index (χ3v) is 2.33. The number of aryl methyl sites for hydroxylation is 1. The molecule has 7 heteroatoms. The molecule has 0 aliphatic carbocycles. The number of rotatable bonds is 4. The van der Waals surface area contributed by atoms with Crippen molar-refractivity contribution >= 4 is 17.6 Å². The van der Waals surface area contributed by atoms with Gasteiger partial charge in [0.15, 0.2) is 5.75 Å². The highest BCUT2D eigenvalue weighted by Crippen LogP contribution is 2.27. The Morgan fingerprint density at radius 2 is 2.26 bits per heavy atom. The number of carbonyl (C=O) groups excluding carboxylic acids is 1. The third-order valence-electron chi connectivity index (χ3n) is 2.33. The Labute approximate surface area is 109 Å². The monoisotopic (exact) mass is 262 g/mol. The maximum Gasteiger partial charge on any atom is 0.322 e. The molecule has 0 fully saturated rings. The fraction of sp³-hybridized carbons (Fsp3) is 0.250. The van der Waals surface area contributed by atoms with Crippen LogP contribution in [0.3, 0.4) is 0 Å². The van der Waals surface area contributed by atoms with Gasteiger partial charge < -0.3 is 14.9 Å². The van der Waals surface area contributed by atoms with Gasteiger partial charge in [0.1, 0.15) is 0 Å². The molecule has 19 heavy (non-hydrogen) atoms. The highest BCUT2D eigenvalue weighted by atomic mass is 16.5. The van der Waals surface area contributed by atoms with Gasteiger partial charge in [0.25, 0.3) is 5.91 Å². The van der Waals surface area contributed by atoms with Gasteiger partial charge in [0.2, 0.25) is 5.89 Å². The molecule has 0 radical (unpaired) electrons. The Bertz CT molecular complexity index is 594. The summed E-state index contributed by atoms with van der Waals surface area (Å²) in [5.41, 5.74) is 6.50. The van der Waals surface area contributed by atoms with Crippen molar-refractivity contribution in [3.05, 3.63) is 29.7 Å². The molecule has 0 atom stereocenters. The maximum atomic E-state index is 12.1. The van der Waals surface area contributed by atoms with Crippen LogP contribution in [-0.2, 0) is 0 Å². The standard InChI is InChI=1S/C12H14N4O3/c1-3-18-10-8(5-4-6-9(10)13)11(17)14-12-16-15-7(2)19-12/h4-6H,3,13H2,1-2H3,(H,14,16,17). The van der Waals surface area contributed by atoms with E-state index in [9.17, 15) is 4.79 Å². The van der Waals surface area contributed by atoms with Crippen molar-refractivity contribution in [2.45, 2.75) is 13.8 Å². The summed E-state index contributed by atoms with van der Waals surface area (Å²) in [5.74, 6) is 0.297. The van der Waals surface area contributed by atoms with Crippen LogP contribution in [-0.4, -0.2) is 22.7 Å². The number of ether oxygens (including phenoxy) is 1. The summed E-state index contributed by atoms with van der Waals surface area (Å²) in [4.78, 5) is 12.1. The van der Waals surface area contributed by atoms with E-state index in [-0.39, 0.29) is 6.01 Å². The fourth-order valence-corrected chi connectivity index (χ4v) is 1.55. The molecule has 0 bridgehead atoms. The van der Waals surface area contributed by atoms with Crippen molar-refractivity contribution in [3.63, 3.8) is 0 Å². The van der Waals surface area contributed by atoms with Gasteiger partial charge in [-0.2, -0.15) is 0 Å². The normalized spacial score (nSPS) is 10.2. The van der Waals surface area contributed by atoms with Crippen molar-refractivity contribution < 1.29 is 13.9 Å². The number of benzene rings is 1. The van der Waals surface area contributed by atoms with Crippen LogP contribution in [0, 0.1) is 6.92 Å². The van der Waals surface area contributed by atoms with E-state index in [0.29, 0.717) is 29.5 Å². The van der Waals surface area contributed by atoms with E-state index in [1.165, 1.54) is 0 Å². The number of nitrogens with one attached hydrogen (secondary N) is 1. The Hall–Kier alpha value is -2.57. The number of aromatic nitrogens is 2. The van der Waals surface area contributed by atoms with E-state index >= 15 is 0 Å². The molecule has 1 aromatic carbocycles. The molecule has 0 unspecified atom stereocenters. The zero-order valence-corrected chi connectivity index (χ0v) is 10.6. The minimum absolute atomic E-state index is 0.0346. The summed E-state index contributed by atoms with van der Waals surface area (Å²) >= 11 is 0. The van der Waals surface area contributed by atoms with Crippen LogP contribution in [0.4, 0.5) is 11.7 Å². The van der Waals surface area contributed by atoms with E-state index < -0.39 is 5.91 Å². The van der Waals surface area contributed by atoms with Gasteiger partial charge in [0, 0.05) is 6.92 Å². The van der Waals surface area contributed by atoms with Crippen molar-refractivity contribution in [1.82, 2.24) is 10.2 Å². The molecule has 2 aromatic rings. The summed E-state index contributed by atoms with van der Waals surface area (Å²) in [6.45, 7) is 3.86. The summed E-state index contributed by atoms with van der Waals surface area (Å²) in [6, 6.07) is 4.98. The molecule has 1 aromatic heterocycles. The summed E-state index contributed by atoms with van der Waals surface area (Å²) in [6.07, 6.45) is 0. The molecule has 1 amide bonds. The predicted molar refractivity (Wildman–Crippen MR) is 69.0 cm³/mol. The number of carbonyl (C=O) groups is 1. The Kier molecular flexibility index (Phi) is 3.65. The van der Waals surface area contributed by atoms with E-state index in [4.69, 9.17) is 14.9 Å². The Balaban J connectivity index is 2.25. The van der Waals surface area contributed by atoms with Gasteiger partial charge in [-0.05, 0) is 19.1 Å². The van der Waals surface area contributed by atoms with E-state index in [1.54, 1.807) is 25.1 Å². The van der Waals surface area contributed by atoms with Crippen LogP contribution in [0.25, 0.3) is 0 Å². The summed E-state index contributed by atoms with van der Waals surface area (Å²) < 4.78 is 10.5. The summed E-state index contributed by atoms with van der Waals surface area (Å²) in [7, 11) is 0. The molecule has 0 saturated carbocycles. The van der Waals surface area contributed by atoms with Crippen LogP contribution in [0.5, 0.6) is 5.75 Å². The van der Waals surface area contributed by atoms with Gasteiger partial charge in [-0.3, -0.25) is 10.1 Å². The second-order valence-electron chi connectivity index (χ2n) is 3.74. The largest absolute Gasteiger partial charge is 0.491 e. The zero-order chi connectivity index (χ0) is 13.8. The highest BCUT2D eigenvalue weighted by molar-refractivity contribution is 6.06. The molecule has 7 nitrogen and oxygen atoms in total. The quantitative estimate of drug-likeness (QED) is 0.811.